The van der Waals surface area contributed by atoms with E-state index in [2.05, 4.69) is 38.8 Å². The second-order valence-corrected chi connectivity index (χ2v) is 7.51. The summed E-state index contributed by atoms with van der Waals surface area (Å²) in [6.45, 7) is 1.95. The molecule has 1 heterocycles. The number of nitrogens with one attached hydrogen (secondary N) is 2. The highest BCUT2D eigenvalue weighted by molar-refractivity contribution is 5.64. The molecule has 6 heteroatoms. The van der Waals surface area contributed by atoms with Crippen LogP contribution in [0.15, 0.2) is 30.6 Å². The number of anilines is 3. The maximum atomic E-state index is 10.2. The number of aryl methyl sites for hydroxylation is 1. The lowest BCUT2D eigenvalue weighted by Gasteiger charge is -2.21. The quantitative estimate of drug-likeness (QED) is 0.675. The predicted octanol–water partition coefficient (Wildman–Crippen LogP) is 2.64. The minimum atomic E-state index is -0.780. The molecule has 0 saturated heterocycles. The molecule has 1 saturated carbocycles. The van der Waals surface area contributed by atoms with E-state index in [1.165, 1.54) is 30.3 Å². The third-order valence-corrected chi connectivity index (χ3v) is 5.63. The van der Waals surface area contributed by atoms with Crippen LogP contribution in [0.5, 0.6) is 0 Å². The van der Waals surface area contributed by atoms with E-state index in [1.54, 1.807) is 0 Å². The Kier molecular flexibility index (Phi) is 4.78. The van der Waals surface area contributed by atoms with Crippen LogP contribution in [0.4, 0.5) is 17.3 Å². The molecule has 2 aliphatic carbocycles. The van der Waals surface area contributed by atoms with Crippen molar-refractivity contribution >= 4 is 17.3 Å². The van der Waals surface area contributed by atoms with Crippen molar-refractivity contribution in [3.63, 3.8) is 0 Å². The van der Waals surface area contributed by atoms with Gasteiger partial charge in [-0.1, -0.05) is 19.1 Å². The largest absolute Gasteiger partial charge is 0.390 e. The fourth-order valence-corrected chi connectivity index (χ4v) is 4.13. The zero-order valence-corrected chi connectivity index (χ0v) is 15.0. The third-order valence-electron chi connectivity index (χ3n) is 5.63. The summed E-state index contributed by atoms with van der Waals surface area (Å²) in [5, 5.41) is 26.8. The van der Waals surface area contributed by atoms with Crippen molar-refractivity contribution in [2.24, 2.45) is 5.92 Å². The van der Waals surface area contributed by atoms with Gasteiger partial charge in [-0.05, 0) is 55.2 Å². The molecular formula is C20H26N4O2. The van der Waals surface area contributed by atoms with Crippen molar-refractivity contribution < 1.29 is 10.2 Å². The lowest BCUT2D eigenvalue weighted by molar-refractivity contribution is 0.0210. The van der Waals surface area contributed by atoms with Crippen LogP contribution in [-0.4, -0.2) is 38.4 Å². The lowest BCUT2D eigenvalue weighted by atomic mass is 9.90. The normalized spacial score (nSPS) is 27.8. The van der Waals surface area contributed by atoms with Crippen LogP contribution in [0, 0.1) is 5.92 Å². The van der Waals surface area contributed by atoms with Gasteiger partial charge in [-0.15, -0.1) is 0 Å². The number of aromatic nitrogens is 2. The van der Waals surface area contributed by atoms with Gasteiger partial charge in [-0.25, -0.2) is 9.97 Å². The fourth-order valence-electron chi connectivity index (χ4n) is 4.13. The van der Waals surface area contributed by atoms with Crippen LogP contribution in [0.1, 0.15) is 37.3 Å². The van der Waals surface area contributed by atoms with Gasteiger partial charge in [-0.3, -0.25) is 0 Å². The summed E-state index contributed by atoms with van der Waals surface area (Å²) in [6.07, 6.45) is 5.47. The van der Waals surface area contributed by atoms with Crippen LogP contribution in [0.2, 0.25) is 0 Å². The monoisotopic (exact) mass is 354 g/mol. The molecule has 138 valence electrons. The molecule has 4 rings (SSSR count). The molecular weight excluding hydrogens is 328 g/mol. The van der Waals surface area contributed by atoms with Crippen LogP contribution in [-0.2, 0) is 12.8 Å². The number of hydrogen-bond acceptors (Lipinski definition) is 6. The Morgan fingerprint density at radius 3 is 2.65 bits per heavy atom. The van der Waals surface area contributed by atoms with Crippen molar-refractivity contribution in [1.29, 1.82) is 0 Å². The van der Waals surface area contributed by atoms with Crippen LogP contribution in [0.3, 0.4) is 0 Å². The summed E-state index contributed by atoms with van der Waals surface area (Å²) < 4.78 is 0. The highest BCUT2D eigenvalue weighted by Gasteiger charge is 2.39. The number of benzene rings is 1. The molecule has 0 spiro atoms. The zero-order chi connectivity index (χ0) is 18.1. The molecule has 0 aliphatic heterocycles. The number of hydrogen-bond donors (Lipinski definition) is 4. The first-order valence-electron chi connectivity index (χ1n) is 9.44. The zero-order valence-electron chi connectivity index (χ0n) is 15.0. The number of nitrogens with zero attached hydrogens (tertiary/aromatic N) is 2. The van der Waals surface area contributed by atoms with E-state index in [0.717, 1.165) is 24.3 Å². The second kappa shape index (κ2) is 7.21. The highest BCUT2D eigenvalue weighted by Crippen LogP contribution is 2.31. The van der Waals surface area contributed by atoms with Crippen LogP contribution >= 0.6 is 0 Å². The van der Waals surface area contributed by atoms with Crippen molar-refractivity contribution in [3.8, 4) is 0 Å². The maximum Gasteiger partial charge on any atom is 0.135 e. The molecule has 1 aromatic heterocycles. The number of aliphatic hydroxyl groups is 2. The average Bonchev–Trinajstić information content (AvgIpc) is 2.89. The van der Waals surface area contributed by atoms with Gasteiger partial charge in [-0.2, -0.15) is 0 Å². The SMILES string of the molecule is C[C@H]1C[C@@H](Nc2cc(Nc3cccc4c3CCCC4)ncn2)[C@H](O)[C@@H]1O. The molecule has 0 bridgehead atoms. The molecule has 0 radical (unpaired) electrons. The van der Waals surface area contributed by atoms with Gasteiger partial charge < -0.3 is 20.8 Å². The van der Waals surface area contributed by atoms with Gasteiger partial charge in [0.25, 0.3) is 0 Å². The number of rotatable bonds is 4. The molecule has 1 aromatic carbocycles. The van der Waals surface area contributed by atoms with E-state index in [-0.39, 0.29) is 12.0 Å². The molecule has 0 amide bonds. The van der Waals surface area contributed by atoms with Crippen molar-refractivity contribution in [2.45, 2.75) is 57.3 Å². The molecule has 1 fully saturated rings. The van der Waals surface area contributed by atoms with Gasteiger partial charge in [0.15, 0.2) is 0 Å². The first-order valence-corrected chi connectivity index (χ1v) is 9.44. The smallest absolute Gasteiger partial charge is 0.135 e. The second-order valence-electron chi connectivity index (χ2n) is 7.51. The van der Waals surface area contributed by atoms with E-state index in [4.69, 9.17) is 0 Å². The minimum absolute atomic E-state index is 0.0674. The summed E-state index contributed by atoms with van der Waals surface area (Å²) in [4.78, 5) is 8.59. The van der Waals surface area contributed by atoms with Crippen molar-refractivity contribution in [3.05, 3.63) is 41.7 Å². The molecule has 4 atom stereocenters. The highest BCUT2D eigenvalue weighted by atomic mass is 16.3. The summed E-state index contributed by atoms with van der Waals surface area (Å²) in [6, 6.07) is 8.04. The van der Waals surface area contributed by atoms with Crippen LogP contribution < -0.4 is 10.6 Å². The summed E-state index contributed by atoms with van der Waals surface area (Å²) in [5.74, 6) is 1.44. The topological polar surface area (TPSA) is 90.3 Å². The standard InChI is InChI=1S/C20H26N4O2/c1-12-9-16(20(26)19(12)25)24-18-10-17(21-11-22-18)23-15-8-4-6-13-5-2-3-7-14(13)15/h4,6,8,10-12,16,19-20,25-26H,2-3,5,7,9H2,1H3,(H2,21,22,23,24)/t12-,16+,19+,20-/m0/s1. The van der Waals surface area contributed by atoms with Gasteiger partial charge in [0.05, 0.1) is 12.1 Å². The summed E-state index contributed by atoms with van der Waals surface area (Å²) >= 11 is 0. The number of fused-ring (bicyclic) bond motifs is 1. The predicted molar refractivity (Wildman–Crippen MR) is 102 cm³/mol. The van der Waals surface area contributed by atoms with Gasteiger partial charge >= 0.3 is 0 Å². The molecule has 4 N–H and O–H groups in total. The Bertz CT molecular complexity index is 782. The summed E-state index contributed by atoms with van der Waals surface area (Å²) in [7, 11) is 0. The molecule has 6 nitrogen and oxygen atoms in total. The average molecular weight is 354 g/mol. The van der Waals surface area contributed by atoms with E-state index in [0.29, 0.717) is 12.2 Å². The summed E-state index contributed by atoms with van der Waals surface area (Å²) in [5.41, 5.74) is 3.91. The van der Waals surface area contributed by atoms with Crippen molar-refractivity contribution in [1.82, 2.24) is 9.97 Å². The Labute approximate surface area is 153 Å². The van der Waals surface area contributed by atoms with Gasteiger partial charge in [0, 0.05) is 11.8 Å². The first-order chi connectivity index (χ1) is 12.6. The maximum absolute atomic E-state index is 10.2. The minimum Gasteiger partial charge on any atom is -0.390 e. The Balaban J connectivity index is 1.50. The third kappa shape index (κ3) is 3.39. The molecule has 0 unspecified atom stereocenters. The van der Waals surface area contributed by atoms with E-state index in [1.807, 2.05) is 13.0 Å². The number of aliphatic hydroxyl groups excluding tert-OH is 2. The van der Waals surface area contributed by atoms with E-state index in [9.17, 15) is 10.2 Å². The van der Waals surface area contributed by atoms with E-state index < -0.39 is 12.2 Å². The fraction of sp³-hybridized carbons (Fsp3) is 0.500. The van der Waals surface area contributed by atoms with Crippen LogP contribution in [0.25, 0.3) is 0 Å². The van der Waals surface area contributed by atoms with Gasteiger partial charge in [0.2, 0.25) is 0 Å². The Hall–Kier alpha value is -2.18. The Morgan fingerprint density at radius 2 is 1.85 bits per heavy atom. The first kappa shape index (κ1) is 17.2. The van der Waals surface area contributed by atoms with E-state index >= 15 is 0 Å². The van der Waals surface area contributed by atoms with Crippen molar-refractivity contribution in [2.75, 3.05) is 10.6 Å². The van der Waals surface area contributed by atoms with Gasteiger partial charge in [0.1, 0.15) is 24.1 Å². The lowest BCUT2D eigenvalue weighted by Crippen LogP contribution is -2.35. The molecule has 2 aromatic rings. The Morgan fingerprint density at radius 1 is 1.04 bits per heavy atom. The molecule has 26 heavy (non-hydrogen) atoms. The molecule has 2 aliphatic rings.